The van der Waals surface area contributed by atoms with Gasteiger partial charge in [0.25, 0.3) is 0 Å². The van der Waals surface area contributed by atoms with Crippen molar-refractivity contribution in [3.05, 3.63) is 21.9 Å². The van der Waals surface area contributed by atoms with Gasteiger partial charge >= 0.3 is 0 Å². The first kappa shape index (κ1) is 14.2. The Balaban J connectivity index is 2.04. The van der Waals surface area contributed by atoms with Gasteiger partial charge in [0.2, 0.25) is 5.91 Å². The average Bonchev–Trinajstić information content (AvgIpc) is 2.71. The van der Waals surface area contributed by atoms with Gasteiger partial charge in [-0.15, -0.1) is 11.3 Å². The van der Waals surface area contributed by atoms with E-state index in [2.05, 4.69) is 29.7 Å². The Morgan fingerprint density at radius 2 is 2.29 bits per heavy atom. The minimum absolute atomic E-state index is 0.0365. The lowest BCUT2D eigenvalue weighted by Gasteiger charge is -2.05. The summed E-state index contributed by atoms with van der Waals surface area (Å²) >= 11 is 1.75. The van der Waals surface area contributed by atoms with Crippen LogP contribution in [0.25, 0.3) is 0 Å². The van der Waals surface area contributed by atoms with Crippen molar-refractivity contribution in [3.8, 4) is 0 Å². The molecule has 0 spiro atoms. The fraction of sp³-hybridized carbons (Fsp3) is 0.583. The van der Waals surface area contributed by atoms with Crippen molar-refractivity contribution >= 4 is 17.2 Å². The number of rotatable bonds is 8. The Hall–Kier alpha value is -0.910. The van der Waals surface area contributed by atoms with Crippen LogP contribution in [0.5, 0.6) is 0 Å². The third kappa shape index (κ3) is 6.41. The molecule has 1 aromatic heterocycles. The van der Waals surface area contributed by atoms with Gasteiger partial charge in [0.1, 0.15) is 0 Å². The normalized spacial score (nSPS) is 10.5. The van der Waals surface area contributed by atoms with Crippen LogP contribution in [0, 0.1) is 6.92 Å². The topological polar surface area (TPSA) is 50.4 Å². The lowest BCUT2D eigenvalue weighted by molar-refractivity contribution is -0.120. The summed E-state index contributed by atoms with van der Waals surface area (Å²) in [4.78, 5) is 13.9. The lowest BCUT2D eigenvalue weighted by atomic mass is 10.4. The first-order valence-corrected chi connectivity index (χ1v) is 6.55. The fourth-order valence-corrected chi connectivity index (χ4v) is 2.25. The van der Waals surface area contributed by atoms with E-state index in [4.69, 9.17) is 4.74 Å². The van der Waals surface area contributed by atoms with Gasteiger partial charge in [-0.3, -0.25) is 4.79 Å². The summed E-state index contributed by atoms with van der Waals surface area (Å²) in [6, 6.07) is 4.18. The summed E-state index contributed by atoms with van der Waals surface area (Å²) in [5.41, 5.74) is 0. The number of hydrogen-bond acceptors (Lipinski definition) is 4. The zero-order chi connectivity index (χ0) is 12.5. The maximum atomic E-state index is 11.4. The van der Waals surface area contributed by atoms with Gasteiger partial charge < -0.3 is 15.4 Å². The molecule has 0 aromatic carbocycles. The second-order valence-corrected chi connectivity index (χ2v) is 5.18. The second kappa shape index (κ2) is 8.22. The molecule has 0 aliphatic rings. The van der Waals surface area contributed by atoms with Crippen molar-refractivity contribution in [1.82, 2.24) is 10.6 Å². The van der Waals surface area contributed by atoms with Gasteiger partial charge in [-0.2, -0.15) is 0 Å². The predicted molar refractivity (Wildman–Crippen MR) is 70.3 cm³/mol. The minimum atomic E-state index is 0.0365. The number of amides is 1. The minimum Gasteiger partial charge on any atom is -0.385 e. The number of nitrogens with one attached hydrogen (secondary N) is 2. The summed E-state index contributed by atoms with van der Waals surface area (Å²) < 4.78 is 4.90. The molecule has 0 atom stereocenters. The SMILES string of the molecule is COCCCNC(=O)CNCc1ccc(C)s1. The summed E-state index contributed by atoms with van der Waals surface area (Å²) in [5, 5.41) is 5.95. The van der Waals surface area contributed by atoms with Crippen molar-refractivity contribution in [1.29, 1.82) is 0 Å². The van der Waals surface area contributed by atoms with Gasteiger partial charge in [0, 0.05) is 36.6 Å². The van der Waals surface area contributed by atoms with Crippen molar-refractivity contribution in [2.24, 2.45) is 0 Å². The number of thiophene rings is 1. The van der Waals surface area contributed by atoms with Crippen LogP contribution in [0.1, 0.15) is 16.2 Å². The van der Waals surface area contributed by atoms with Crippen LogP contribution < -0.4 is 10.6 Å². The number of aryl methyl sites for hydroxylation is 1. The molecular weight excluding hydrogens is 236 g/mol. The number of carbonyl (C=O) groups excluding carboxylic acids is 1. The molecule has 4 nitrogen and oxygen atoms in total. The molecule has 0 unspecified atom stereocenters. The monoisotopic (exact) mass is 256 g/mol. The van der Waals surface area contributed by atoms with E-state index in [1.54, 1.807) is 18.4 Å². The lowest BCUT2D eigenvalue weighted by Crippen LogP contribution is -2.34. The molecule has 2 N–H and O–H groups in total. The standard InChI is InChI=1S/C12H20N2O2S/c1-10-4-5-11(17-10)8-13-9-12(15)14-6-3-7-16-2/h4-5,13H,3,6-9H2,1-2H3,(H,14,15). The van der Waals surface area contributed by atoms with Crippen LogP contribution in [0.3, 0.4) is 0 Å². The van der Waals surface area contributed by atoms with Crippen LogP contribution >= 0.6 is 11.3 Å². The van der Waals surface area contributed by atoms with Gasteiger partial charge in [-0.1, -0.05) is 0 Å². The van der Waals surface area contributed by atoms with E-state index in [0.717, 1.165) is 13.0 Å². The van der Waals surface area contributed by atoms with Crippen molar-refractivity contribution in [3.63, 3.8) is 0 Å². The zero-order valence-electron chi connectivity index (χ0n) is 10.4. The molecule has 0 aliphatic heterocycles. The molecule has 0 saturated carbocycles. The Labute approximate surface area is 106 Å². The first-order valence-electron chi connectivity index (χ1n) is 5.74. The molecule has 96 valence electrons. The smallest absolute Gasteiger partial charge is 0.233 e. The van der Waals surface area contributed by atoms with E-state index in [9.17, 15) is 4.79 Å². The highest BCUT2D eigenvalue weighted by atomic mass is 32.1. The number of ether oxygens (including phenoxy) is 1. The molecule has 5 heteroatoms. The Morgan fingerprint density at radius 3 is 2.94 bits per heavy atom. The largest absolute Gasteiger partial charge is 0.385 e. The van der Waals surface area contributed by atoms with E-state index in [-0.39, 0.29) is 5.91 Å². The summed E-state index contributed by atoms with van der Waals surface area (Å²) in [6.45, 7) is 4.55. The molecule has 0 aliphatic carbocycles. The summed E-state index contributed by atoms with van der Waals surface area (Å²) in [7, 11) is 1.66. The quantitative estimate of drug-likeness (QED) is 0.689. The van der Waals surface area contributed by atoms with Gasteiger partial charge in [-0.05, 0) is 25.5 Å². The van der Waals surface area contributed by atoms with Gasteiger partial charge in [-0.25, -0.2) is 0 Å². The molecule has 0 saturated heterocycles. The van der Waals surface area contributed by atoms with E-state index in [0.29, 0.717) is 19.7 Å². The Bertz CT molecular complexity index is 339. The summed E-state index contributed by atoms with van der Waals surface area (Å²) in [6.07, 6.45) is 0.854. The maximum Gasteiger partial charge on any atom is 0.233 e. The van der Waals surface area contributed by atoms with Crippen LogP contribution in [0.2, 0.25) is 0 Å². The van der Waals surface area contributed by atoms with E-state index in [1.165, 1.54) is 9.75 Å². The third-order valence-corrected chi connectivity index (χ3v) is 3.23. The third-order valence-electron chi connectivity index (χ3n) is 2.23. The first-order chi connectivity index (χ1) is 8.22. The molecule has 1 amide bonds. The van der Waals surface area contributed by atoms with E-state index >= 15 is 0 Å². The molecular formula is C12H20N2O2S. The number of methoxy groups -OCH3 is 1. The fourth-order valence-electron chi connectivity index (χ4n) is 1.39. The highest BCUT2D eigenvalue weighted by Crippen LogP contribution is 2.14. The zero-order valence-corrected chi connectivity index (χ0v) is 11.2. The Kier molecular flexibility index (Phi) is 6.84. The van der Waals surface area contributed by atoms with E-state index in [1.807, 2.05) is 0 Å². The molecule has 0 bridgehead atoms. The van der Waals surface area contributed by atoms with Crippen LogP contribution in [-0.2, 0) is 16.1 Å². The molecule has 1 rings (SSSR count). The highest BCUT2D eigenvalue weighted by molar-refractivity contribution is 7.11. The van der Waals surface area contributed by atoms with Gasteiger partial charge in [0.15, 0.2) is 0 Å². The second-order valence-electron chi connectivity index (χ2n) is 3.81. The average molecular weight is 256 g/mol. The van der Waals surface area contributed by atoms with Crippen molar-refractivity contribution in [2.45, 2.75) is 19.9 Å². The van der Waals surface area contributed by atoms with E-state index < -0.39 is 0 Å². The molecule has 1 heterocycles. The Morgan fingerprint density at radius 1 is 1.47 bits per heavy atom. The number of hydrogen-bond donors (Lipinski definition) is 2. The highest BCUT2D eigenvalue weighted by Gasteiger charge is 2.01. The maximum absolute atomic E-state index is 11.4. The van der Waals surface area contributed by atoms with Crippen LogP contribution in [-0.4, -0.2) is 32.7 Å². The molecule has 0 radical (unpaired) electrons. The number of carbonyl (C=O) groups is 1. The molecule has 17 heavy (non-hydrogen) atoms. The van der Waals surface area contributed by atoms with Crippen molar-refractivity contribution < 1.29 is 9.53 Å². The predicted octanol–water partition coefficient (Wildman–Crippen LogP) is 1.30. The van der Waals surface area contributed by atoms with Crippen molar-refractivity contribution in [2.75, 3.05) is 26.8 Å². The summed E-state index contributed by atoms with van der Waals surface area (Å²) in [5.74, 6) is 0.0365. The van der Waals surface area contributed by atoms with Crippen LogP contribution in [0.15, 0.2) is 12.1 Å². The molecule has 1 aromatic rings. The van der Waals surface area contributed by atoms with Crippen LogP contribution in [0.4, 0.5) is 0 Å². The molecule has 0 fully saturated rings. The van der Waals surface area contributed by atoms with Gasteiger partial charge in [0.05, 0.1) is 6.54 Å².